The van der Waals surface area contributed by atoms with Gasteiger partial charge >= 0.3 is 6.03 Å². The summed E-state index contributed by atoms with van der Waals surface area (Å²) in [5.41, 5.74) is 0.0446. The van der Waals surface area contributed by atoms with Gasteiger partial charge in [-0.3, -0.25) is 10.1 Å². The number of nitrogens with one attached hydrogen (secondary N) is 2. The molecule has 2 rings (SSSR count). The van der Waals surface area contributed by atoms with Gasteiger partial charge in [-0.25, -0.2) is 4.79 Å². The molecule has 0 spiro atoms. The number of halogens is 1. The highest BCUT2D eigenvalue weighted by atomic mass is 35.5. The number of urea groups is 1. The number of anilines is 1. The fourth-order valence-corrected chi connectivity index (χ4v) is 1.88. The molecule has 1 fully saturated rings. The van der Waals surface area contributed by atoms with Crippen LogP contribution in [0.2, 0.25) is 5.02 Å². The Morgan fingerprint density at radius 3 is 2.95 bits per heavy atom. The van der Waals surface area contributed by atoms with Gasteiger partial charge in [0.05, 0.1) is 15.6 Å². The van der Waals surface area contributed by atoms with E-state index in [1.165, 1.54) is 18.2 Å². The number of hydrogen-bond donors (Lipinski definition) is 2. The van der Waals surface area contributed by atoms with Crippen molar-refractivity contribution in [3.05, 3.63) is 33.3 Å². The highest BCUT2D eigenvalue weighted by Gasteiger charge is 2.18. The lowest BCUT2D eigenvalue weighted by Crippen LogP contribution is -2.37. The number of carbonyl (C=O) groups excluding carboxylic acids is 1. The van der Waals surface area contributed by atoms with Gasteiger partial charge in [0.25, 0.3) is 5.69 Å². The number of nitro benzene ring substituents is 1. The van der Waals surface area contributed by atoms with Gasteiger partial charge in [0, 0.05) is 18.7 Å². The van der Waals surface area contributed by atoms with E-state index in [4.69, 9.17) is 16.3 Å². The van der Waals surface area contributed by atoms with Crippen molar-refractivity contribution in [1.82, 2.24) is 5.32 Å². The predicted molar refractivity (Wildman–Crippen MR) is 69.2 cm³/mol. The van der Waals surface area contributed by atoms with Crippen LogP contribution in [0.25, 0.3) is 0 Å². The van der Waals surface area contributed by atoms with Crippen molar-refractivity contribution in [3.63, 3.8) is 0 Å². The van der Waals surface area contributed by atoms with Crippen LogP contribution in [-0.4, -0.2) is 23.8 Å². The molecule has 1 aromatic rings. The number of benzene rings is 1. The summed E-state index contributed by atoms with van der Waals surface area (Å²) < 4.78 is 5.24. The highest BCUT2D eigenvalue weighted by molar-refractivity contribution is 6.33. The van der Waals surface area contributed by atoms with E-state index in [-0.39, 0.29) is 22.6 Å². The summed E-state index contributed by atoms with van der Waals surface area (Å²) in [5, 5.41) is 15.9. The Morgan fingerprint density at radius 2 is 2.32 bits per heavy atom. The first-order chi connectivity index (χ1) is 9.06. The molecule has 2 amide bonds. The molecule has 19 heavy (non-hydrogen) atoms. The monoisotopic (exact) mass is 285 g/mol. The van der Waals surface area contributed by atoms with Crippen LogP contribution >= 0.6 is 11.6 Å². The van der Waals surface area contributed by atoms with Crippen LogP contribution in [0.3, 0.4) is 0 Å². The lowest BCUT2D eigenvalue weighted by atomic mass is 10.3. The second-order valence-corrected chi connectivity index (χ2v) is 4.43. The quantitative estimate of drug-likeness (QED) is 0.659. The zero-order valence-corrected chi connectivity index (χ0v) is 10.6. The predicted octanol–water partition coefficient (Wildman–Crippen LogP) is 2.51. The molecular weight excluding hydrogens is 274 g/mol. The molecular formula is C11H12ClN3O4. The number of nitro groups is 1. The first-order valence-corrected chi connectivity index (χ1v) is 6.07. The maximum atomic E-state index is 11.7. The van der Waals surface area contributed by atoms with Gasteiger partial charge in [-0.2, -0.15) is 0 Å². The van der Waals surface area contributed by atoms with E-state index in [1.807, 2.05) is 0 Å². The summed E-state index contributed by atoms with van der Waals surface area (Å²) in [6.07, 6.45) is 1.32. The van der Waals surface area contributed by atoms with Crippen LogP contribution in [0.5, 0.6) is 0 Å². The molecule has 2 N–H and O–H groups in total. The molecule has 0 aromatic heterocycles. The normalized spacial score (nSPS) is 18.1. The minimum atomic E-state index is -0.556. The summed E-state index contributed by atoms with van der Waals surface area (Å²) in [7, 11) is 0. The molecule has 1 saturated heterocycles. The topological polar surface area (TPSA) is 93.5 Å². The second kappa shape index (κ2) is 5.85. The number of nitrogens with zero attached hydrogens (tertiary/aromatic N) is 1. The van der Waals surface area contributed by atoms with Crippen molar-refractivity contribution >= 4 is 29.0 Å². The number of amides is 2. The minimum Gasteiger partial charge on any atom is -0.358 e. The lowest BCUT2D eigenvalue weighted by molar-refractivity contribution is -0.384. The Morgan fingerprint density at radius 1 is 1.53 bits per heavy atom. The molecule has 1 atom stereocenters. The fraction of sp³-hybridized carbons (Fsp3) is 0.364. The van der Waals surface area contributed by atoms with Gasteiger partial charge in [0.2, 0.25) is 0 Å². The molecule has 1 unspecified atom stereocenters. The van der Waals surface area contributed by atoms with Crippen LogP contribution < -0.4 is 10.6 Å². The number of non-ortho nitro benzene ring substituents is 1. The van der Waals surface area contributed by atoms with Crippen LogP contribution in [0.4, 0.5) is 16.2 Å². The Kier molecular flexibility index (Phi) is 4.18. The van der Waals surface area contributed by atoms with E-state index in [1.54, 1.807) is 0 Å². The van der Waals surface area contributed by atoms with Crippen molar-refractivity contribution in [2.75, 3.05) is 11.9 Å². The molecule has 0 saturated carbocycles. The van der Waals surface area contributed by atoms with Crippen LogP contribution in [0.1, 0.15) is 12.8 Å². The SMILES string of the molecule is O=C(Nc1cc([N+](=O)[O-])ccc1Cl)NC1CCCO1. The molecule has 1 aliphatic rings. The third-order valence-electron chi connectivity index (χ3n) is 2.63. The van der Waals surface area contributed by atoms with Crippen molar-refractivity contribution in [2.45, 2.75) is 19.1 Å². The van der Waals surface area contributed by atoms with Crippen LogP contribution in [0.15, 0.2) is 18.2 Å². The molecule has 8 heteroatoms. The third-order valence-corrected chi connectivity index (χ3v) is 2.96. The summed E-state index contributed by atoms with van der Waals surface area (Å²) in [6, 6.07) is 3.33. The van der Waals surface area contributed by atoms with E-state index in [0.29, 0.717) is 6.61 Å². The maximum absolute atomic E-state index is 11.7. The van der Waals surface area contributed by atoms with Gasteiger partial charge in [0.15, 0.2) is 0 Å². The van der Waals surface area contributed by atoms with E-state index in [0.717, 1.165) is 12.8 Å². The summed E-state index contributed by atoms with van der Waals surface area (Å²) in [6.45, 7) is 0.614. The average molecular weight is 286 g/mol. The Labute approximate surface area is 114 Å². The van der Waals surface area contributed by atoms with Crippen molar-refractivity contribution in [3.8, 4) is 0 Å². The second-order valence-electron chi connectivity index (χ2n) is 4.02. The zero-order valence-electron chi connectivity index (χ0n) is 9.89. The van der Waals surface area contributed by atoms with E-state index < -0.39 is 11.0 Å². The standard InChI is InChI=1S/C11H12ClN3O4/c12-8-4-3-7(15(17)18)6-9(8)13-11(16)14-10-2-1-5-19-10/h3-4,6,10H,1-2,5H2,(H2,13,14,16). The minimum absolute atomic E-state index is 0.142. The Balaban J connectivity index is 2.02. The molecule has 1 aromatic carbocycles. The largest absolute Gasteiger partial charge is 0.358 e. The Hall–Kier alpha value is -1.86. The van der Waals surface area contributed by atoms with E-state index >= 15 is 0 Å². The summed E-state index contributed by atoms with van der Waals surface area (Å²) >= 11 is 5.87. The van der Waals surface area contributed by atoms with E-state index in [9.17, 15) is 14.9 Å². The van der Waals surface area contributed by atoms with Gasteiger partial charge in [-0.1, -0.05) is 11.6 Å². The molecule has 0 bridgehead atoms. The lowest BCUT2D eigenvalue weighted by Gasteiger charge is -2.13. The smallest absolute Gasteiger partial charge is 0.321 e. The van der Waals surface area contributed by atoms with Gasteiger partial charge in [0.1, 0.15) is 6.23 Å². The van der Waals surface area contributed by atoms with E-state index in [2.05, 4.69) is 10.6 Å². The maximum Gasteiger partial charge on any atom is 0.321 e. The van der Waals surface area contributed by atoms with Crippen molar-refractivity contribution in [1.29, 1.82) is 0 Å². The molecule has 102 valence electrons. The molecule has 1 aliphatic heterocycles. The van der Waals surface area contributed by atoms with Crippen molar-refractivity contribution in [2.24, 2.45) is 0 Å². The summed E-state index contributed by atoms with van der Waals surface area (Å²) in [4.78, 5) is 21.8. The third kappa shape index (κ3) is 3.55. The zero-order chi connectivity index (χ0) is 13.8. The van der Waals surface area contributed by atoms with Crippen LogP contribution in [0, 0.1) is 10.1 Å². The Bertz CT molecular complexity index is 503. The molecule has 7 nitrogen and oxygen atoms in total. The summed E-state index contributed by atoms with van der Waals surface area (Å²) in [5.74, 6) is 0. The van der Waals surface area contributed by atoms with Gasteiger partial charge in [-0.15, -0.1) is 0 Å². The number of carbonyl (C=O) groups is 1. The van der Waals surface area contributed by atoms with Gasteiger partial charge < -0.3 is 15.4 Å². The molecule has 1 heterocycles. The number of ether oxygens (including phenoxy) is 1. The first-order valence-electron chi connectivity index (χ1n) is 5.69. The van der Waals surface area contributed by atoms with Gasteiger partial charge in [-0.05, 0) is 18.9 Å². The number of rotatable bonds is 3. The van der Waals surface area contributed by atoms with Crippen molar-refractivity contribution < 1.29 is 14.5 Å². The first kappa shape index (κ1) is 13.6. The highest BCUT2D eigenvalue weighted by Crippen LogP contribution is 2.26. The molecule has 0 radical (unpaired) electrons. The molecule has 0 aliphatic carbocycles. The van der Waals surface area contributed by atoms with Crippen LogP contribution in [-0.2, 0) is 4.74 Å². The average Bonchev–Trinajstić information content (AvgIpc) is 2.84. The fourth-order valence-electron chi connectivity index (χ4n) is 1.72. The number of hydrogen-bond acceptors (Lipinski definition) is 4.